The van der Waals surface area contributed by atoms with E-state index in [-0.39, 0.29) is 0 Å². The second-order valence-electron chi connectivity index (χ2n) is 1.56. The van der Waals surface area contributed by atoms with E-state index in [1.807, 2.05) is 26.1 Å². The van der Waals surface area contributed by atoms with Gasteiger partial charge in [-0.05, 0) is 6.92 Å². The van der Waals surface area contributed by atoms with E-state index >= 15 is 0 Å². The zero-order valence-corrected chi connectivity index (χ0v) is 5.57. The van der Waals surface area contributed by atoms with Crippen molar-refractivity contribution in [3.63, 3.8) is 0 Å². The molecule has 0 amide bonds. The van der Waals surface area contributed by atoms with Gasteiger partial charge in [-0.3, -0.25) is 0 Å². The maximum absolute atomic E-state index is 3.62. The first-order valence-electron chi connectivity index (χ1n) is 2.79. The minimum atomic E-state index is 0.938. The van der Waals surface area contributed by atoms with Gasteiger partial charge in [-0.25, -0.2) is 0 Å². The third-order valence-corrected chi connectivity index (χ3v) is 1.03. The molecule has 0 radical (unpaired) electrons. The van der Waals surface area contributed by atoms with Crippen molar-refractivity contribution in [3.8, 4) is 0 Å². The SMILES string of the molecule is C=CC/C(=C/C)NC. The molecule has 0 heterocycles. The lowest BCUT2D eigenvalue weighted by molar-refractivity contribution is 0.935. The third-order valence-electron chi connectivity index (χ3n) is 1.03. The van der Waals surface area contributed by atoms with Crippen molar-refractivity contribution in [2.24, 2.45) is 0 Å². The molecule has 1 N–H and O–H groups in total. The van der Waals surface area contributed by atoms with Crippen LogP contribution in [0.5, 0.6) is 0 Å². The van der Waals surface area contributed by atoms with Crippen LogP contribution in [0.3, 0.4) is 0 Å². The number of allylic oxidation sites excluding steroid dienone is 2. The fourth-order valence-corrected chi connectivity index (χ4v) is 0.520. The summed E-state index contributed by atoms with van der Waals surface area (Å²) in [6.07, 6.45) is 4.86. The van der Waals surface area contributed by atoms with E-state index in [1.165, 1.54) is 5.70 Å². The summed E-state index contributed by atoms with van der Waals surface area (Å²) in [7, 11) is 1.92. The molecule has 0 rings (SSSR count). The van der Waals surface area contributed by atoms with Gasteiger partial charge in [0.05, 0.1) is 0 Å². The second-order valence-corrected chi connectivity index (χ2v) is 1.56. The maximum atomic E-state index is 3.62. The lowest BCUT2D eigenvalue weighted by atomic mass is 10.3. The lowest BCUT2D eigenvalue weighted by Crippen LogP contribution is -2.03. The standard InChI is InChI=1S/C7H13N/c1-4-6-7(5-2)8-3/h4-5,8H,1,6H2,2-3H3/b7-5-. The van der Waals surface area contributed by atoms with Gasteiger partial charge in [0.25, 0.3) is 0 Å². The van der Waals surface area contributed by atoms with Crippen molar-refractivity contribution in [2.45, 2.75) is 13.3 Å². The van der Waals surface area contributed by atoms with Crippen molar-refractivity contribution in [2.75, 3.05) is 7.05 Å². The van der Waals surface area contributed by atoms with Crippen LogP contribution in [0, 0.1) is 0 Å². The van der Waals surface area contributed by atoms with E-state index in [0.29, 0.717) is 0 Å². The van der Waals surface area contributed by atoms with Crippen LogP contribution in [0.15, 0.2) is 24.4 Å². The van der Waals surface area contributed by atoms with Crippen LogP contribution >= 0.6 is 0 Å². The van der Waals surface area contributed by atoms with Gasteiger partial charge < -0.3 is 5.32 Å². The van der Waals surface area contributed by atoms with E-state index in [2.05, 4.69) is 11.9 Å². The fraction of sp³-hybridized carbons (Fsp3) is 0.429. The third kappa shape index (κ3) is 2.45. The van der Waals surface area contributed by atoms with Crippen LogP contribution in [-0.4, -0.2) is 7.05 Å². The van der Waals surface area contributed by atoms with E-state index < -0.39 is 0 Å². The Kier molecular flexibility index (Phi) is 4.04. The molecule has 0 unspecified atom stereocenters. The van der Waals surface area contributed by atoms with E-state index in [0.717, 1.165) is 6.42 Å². The van der Waals surface area contributed by atoms with E-state index in [1.54, 1.807) is 0 Å². The summed E-state index contributed by atoms with van der Waals surface area (Å²) in [5.74, 6) is 0. The topological polar surface area (TPSA) is 12.0 Å². The van der Waals surface area contributed by atoms with Crippen molar-refractivity contribution in [3.05, 3.63) is 24.4 Å². The first-order valence-corrected chi connectivity index (χ1v) is 2.79. The maximum Gasteiger partial charge on any atom is 0.00989 e. The molecule has 0 aromatic rings. The van der Waals surface area contributed by atoms with Crippen LogP contribution in [0.4, 0.5) is 0 Å². The molecular formula is C7H13N. The first kappa shape index (κ1) is 7.28. The summed E-state index contributed by atoms with van der Waals surface area (Å²) in [5, 5.41) is 3.04. The molecule has 0 aliphatic heterocycles. The number of nitrogens with one attached hydrogen (secondary N) is 1. The van der Waals surface area contributed by atoms with Crippen molar-refractivity contribution in [1.29, 1.82) is 0 Å². The minimum absolute atomic E-state index is 0.938. The molecule has 0 aliphatic carbocycles. The van der Waals surface area contributed by atoms with Crippen LogP contribution < -0.4 is 5.32 Å². The van der Waals surface area contributed by atoms with Gasteiger partial charge in [-0.1, -0.05) is 12.2 Å². The van der Waals surface area contributed by atoms with Crippen molar-refractivity contribution < 1.29 is 0 Å². The van der Waals surface area contributed by atoms with E-state index in [9.17, 15) is 0 Å². The largest absolute Gasteiger partial charge is 0.391 e. The fourth-order valence-electron chi connectivity index (χ4n) is 0.520. The molecule has 8 heavy (non-hydrogen) atoms. The number of hydrogen-bond acceptors (Lipinski definition) is 1. The average molecular weight is 111 g/mol. The van der Waals surface area contributed by atoms with Crippen LogP contribution in [-0.2, 0) is 0 Å². The van der Waals surface area contributed by atoms with Crippen molar-refractivity contribution in [1.82, 2.24) is 5.32 Å². The summed E-state index contributed by atoms with van der Waals surface area (Å²) in [6, 6.07) is 0. The first-order chi connectivity index (χ1) is 3.85. The van der Waals surface area contributed by atoms with Crippen molar-refractivity contribution >= 4 is 0 Å². The summed E-state index contributed by atoms with van der Waals surface area (Å²) < 4.78 is 0. The molecule has 0 aliphatic rings. The van der Waals surface area contributed by atoms with Gasteiger partial charge in [0.2, 0.25) is 0 Å². The Labute approximate surface area is 51.1 Å². The summed E-state index contributed by atoms with van der Waals surface area (Å²) in [4.78, 5) is 0. The van der Waals surface area contributed by atoms with Gasteiger partial charge in [0.1, 0.15) is 0 Å². The molecule has 1 nitrogen and oxygen atoms in total. The highest BCUT2D eigenvalue weighted by Crippen LogP contribution is 1.93. The molecule has 46 valence electrons. The van der Waals surface area contributed by atoms with Crippen LogP contribution in [0.1, 0.15) is 13.3 Å². The molecular weight excluding hydrogens is 98.1 g/mol. The van der Waals surface area contributed by atoms with Gasteiger partial charge in [-0.2, -0.15) is 0 Å². The van der Waals surface area contributed by atoms with Gasteiger partial charge in [-0.15, -0.1) is 6.58 Å². The summed E-state index contributed by atoms with van der Waals surface area (Å²) >= 11 is 0. The second kappa shape index (κ2) is 4.44. The molecule has 0 saturated carbocycles. The highest BCUT2D eigenvalue weighted by atomic mass is 14.8. The number of rotatable bonds is 3. The highest BCUT2D eigenvalue weighted by molar-refractivity contribution is 5.01. The van der Waals surface area contributed by atoms with Gasteiger partial charge in [0.15, 0.2) is 0 Å². The Hall–Kier alpha value is -0.720. The molecule has 1 heteroatoms. The zero-order valence-electron chi connectivity index (χ0n) is 5.57. The van der Waals surface area contributed by atoms with E-state index in [4.69, 9.17) is 0 Å². The Bertz CT molecular complexity index is 92.6. The summed E-state index contributed by atoms with van der Waals surface area (Å²) in [6.45, 7) is 5.62. The Morgan fingerprint density at radius 1 is 1.75 bits per heavy atom. The molecule has 0 bridgehead atoms. The van der Waals surface area contributed by atoms with Crippen LogP contribution in [0.2, 0.25) is 0 Å². The molecule has 0 spiro atoms. The predicted octanol–water partition coefficient (Wildman–Crippen LogP) is 1.69. The Morgan fingerprint density at radius 3 is 2.50 bits per heavy atom. The minimum Gasteiger partial charge on any atom is -0.391 e. The molecule has 0 atom stereocenters. The molecule has 0 aromatic carbocycles. The highest BCUT2D eigenvalue weighted by Gasteiger charge is 1.82. The normalized spacial score (nSPS) is 11.0. The molecule has 0 saturated heterocycles. The Morgan fingerprint density at radius 2 is 2.38 bits per heavy atom. The van der Waals surface area contributed by atoms with Gasteiger partial charge >= 0.3 is 0 Å². The zero-order chi connectivity index (χ0) is 6.41. The predicted molar refractivity (Wildman–Crippen MR) is 37.6 cm³/mol. The smallest absolute Gasteiger partial charge is 0.00989 e. The quantitative estimate of drug-likeness (QED) is 0.546. The Balaban J connectivity index is 3.53. The monoisotopic (exact) mass is 111 g/mol. The summed E-state index contributed by atoms with van der Waals surface area (Å²) in [5.41, 5.74) is 1.22. The number of hydrogen-bond donors (Lipinski definition) is 1. The average Bonchev–Trinajstić information content (AvgIpc) is 1.83. The molecule has 0 aromatic heterocycles. The van der Waals surface area contributed by atoms with Crippen LogP contribution in [0.25, 0.3) is 0 Å². The molecule has 0 fully saturated rings. The van der Waals surface area contributed by atoms with Gasteiger partial charge in [0, 0.05) is 19.2 Å². The lowest BCUT2D eigenvalue weighted by Gasteiger charge is -1.99.